The molecule has 0 aromatic heterocycles. The Hall–Kier alpha value is -0.770. The molecule has 0 unspecified atom stereocenters. The van der Waals surface area contributed by atoms with Crippen LogP contribution >= 0.6 is 0 Å². The number of likely N-dealkylation sites (N-methyl/N-ethyl adjacent to an activating group) is 1. The number of likely N-dealkylation sites (tertiary alicyclic amines) is 1. The van der Waals surface area contributed by atoms with Crippen molar-refractivity contribution in [2.45, 2.75) is 52.3 Å². The van der Waals surface area contributed by atoms with Crippen molar-refractivity contribution in [1.82, 2.24) is 9.80 Å². The van der Waals surface area contributed by atoms with Crippen LogP contribution in [-0.2, 0) is 4.74 Å². The van der Waals surface area contributed by atoms with Crippen LogP contribution in [0.15, 0.2) is 0 Å². The molecule has 4 heteroatoms. The quantitative estimate of drug-likeness (QED) is 0.724. The molecule has 1 heterocycles. The molecule has 0 atom stereocenters. The fourth-order valence-electron chi connectivity index (χ4n) is 1.64. The van der Waals surface area contributed by atoms with Gasteiger partial charge < -0.3 is 9.64 Å². The third-order valence-corrected chi connectivity index (χ3v) is 2.85. The van der Waals surface area contributed by atoms with Crippen LogP contribution in [0.3, 0.4) is 0 Å². The van der Waals surface area contributed by atoms with Crippen LogP contribution in [0.25, 0.3) is 0 Å². The van der Waals surface area contributed by atoms with Gasteiger partial charge in [-0.15, -0.1) is 0 Å². The lowest BCUT2D eigenvalue weighted by molar-refractivity contribution is -0.0113. The highest BCUT2D eigenvalue weighted by molar-refractivity contribution is 5.68. The van der Waals surface area contributed by atoms with Gasteiger partial charge in [-0.25, -0.2) is 4.79 Å². The van der Waals surface area contributed by atoms with Crippen molar-refractivity contribution in [2.75, 3.05) is 20.1 Å². The second kappa shape index (κ2) is 4.62. The van der Waals surface area contributed by atoms with Gasteiger partial charge in [0.2, 0.25) is 0 Å². The number of hydrogen-bond donors (Lipinski definition) is 0. The van der Waals surface area contributed by atoms with Gasteiger partial charge in [0, 0.05) is 26.2 Å². The van der Waals surface area contributed by atoms with Crippen LogP contribution in [0.2, 0.25) is 0 Å². The minimum Gasteiger partial charge on any atom is -0.444 e. The van der Waals surface area contributed by atoms with Crippen LogP contribution < -0.4 is 0 Å². The molecule has 0 saturated carbocycles. The van der Waals surface area contributed by atoms with E-state index in [1.165, 1.54) is 0 Å². The molecule has 0 aromatic carbocycles. The molecule has 0 aliphatic carbocycles. The first kappa shape index (κ1) is 13.3. The molecule has 0 bridgehead atoms. The summed E-state index contributed by atoms with van der Waals surface area (Å²) < 4.78 is 5.32. The second-order valence-corrected chi connectivity index (χ2v) is 5.79. The number of ether oxygens (including phenoxy) is 1. The number of hydrogen-bond acceptors (Lipinski definition) is 3. The minimum absolute atomic E-state index is 0.221. The van der Waals surface area contributed by atoms with Gasteiger partial charge in [-0.2, -0.15) is 0 Å². The minimum atomic E-state index is -0.410. The Morgan fingerprint density at radius 3 is 2.25 bits per heavy atom. The summed E-state index contributed by atoms with van der Waals surface area (Å²) in [4.78, 5) is 15.8. The van der Waals surface area contributed by atoms with Crippen molar-refractivity contribution in [3.8, 4) is 0 Å². The highest BCUT2D eigenvalue weighted by atomic mass is 16.6. The van der Waals surface area contributed by atoms with Gasteiger partial charge in [-0.3, -0.25) is 4.90 Å². The normalized spacial score (nSPS) is 18.4. The lowest BCUT2D eigenvalue weighted by Crippen LogP contribution is -2.61. The molecule has 1 aliphatic rings. The van der Waals surface area contributed by atoms with E-state index in [-0.39, 0.29) is 6.09 Å². The van der Waals surface area contributed by atoms with Crippen molar-refractivity contribution in [3.63, 3.8) is 0 Å². The van der Waals surface area contributed by atoms with Crippen molar-refractivity contribution in [3.05, 3.63) is 0 Å². The average molecular weight is 228 g/mol. The predicted molar refractivity (Wildman–Crippen MR) is 64.5 cm³/mol. The summed E-state index contributed by atoms with van der Waals surface area (Å²) in [5, 5.41) is 0. The fourth-order valence-corrected chi connectivity index (χ4v) is 1.64. The van der Waals surface area contributed by atoms with Crippen molar-refractivity contribution in [1.29, 1.82) is 0 Å². The molecule has 4 nitrogen and oxygen atoms in total. The monoisotopic (exact) mass is 228 g/mol. The van der Waals surface area contributed by atoms with Gasteiger partial charge in [0.25, 0.3) is 0 Å². The summed E-state index contributed by atoms with van der Waals surface area (Å²) in [5.41, 5.74) is -0.410. The van der Waals surface area contributed by atoms with E-state index in [1.54, 1.807) is 4.90 Å². The number of nitrogens with zero attached hydrogens (tertiary/aromatic N) is 2. The maximum Gasteiger partial charge on any atom is 0.410 e. The van der Waals surface area contributed by atoms with E-state index in [9.17, 15) is 4.79 Å². The molecule has 1 fully saturated rings. The second-order valence-electron chi connectivity index (χ2n) is 5.79. The van der Waals surface area contributed by atoms with Gasteiger partial charge in [0.15, 0.2) is 0 Å². The van der Waals surface area contributed by atoms with E-state index in [1.807, 2.05) is 27.8 Å². The van der Waals surface area contributed by atoms with Gasteiger partial charge in [-0.05, 0) is 34.6 Å². The average Bonchev–Trinajstić information content (AvgIpc) is 1.96. The Morgan fingerprint density at radius 2 is 1.88 bits per heavy atom. The molecular weight excluding hydrogens is 204 g/mol. The number of carbonyl (C=O) groups excluding carboxylic acids is 1. The van der Waals surface area contributed by atoms with Gasteiger partial charge in [0.05, 0.1) is 6.04 Å². The highest BCUT2D eigenvalue weighted by Gasteiger charge is 2.35. The first-order chi connectivity index (χ1) is 7.20. The summed E-state index contributed by atoms with van der Waals surface area (Å²) >= 11 is 0. The lowest BCUT2D eigenvalue weighted by Gasteiger charge is -2.46. The zero-order valence-electron chi connectivity index (χ0n) is 11.3. The van der Waals surface area contributed by atoms with E-state index in [0.717, 1.165) is 13.1 Å². The summed E-state index contributed by atoms with van der Waals surface area (Å²) in [5.74, 6) is 0. The molecule has 1 amide bonds. The maximum atomic E-state index is 11.8. The van der Waals surface area contributed by atoms with E-state index >= 15 is 0 Å². The predicted octanol–water partition coefficient (Wildman–Crippen LogP) is 1.95. The fraction of sp³-hybridized carbons (Fsp3) is 0.917. The van der Waals surface area contributed by atoms with E-state index in [0.29, 0.717) is 12.1 Å². The van der Waals surface area contributed by atoms with Crippen LogP contribution in [-0.4, -0.2) is 53.7 Å². The molecule has 0 N–H and O–H groups in total. The first-order valence-corrected chi connectivity index (χ1v) is 5.90. The molecule has 0 spiro atoms. The van der Waals surface area contributed by atoms with Crippen LogP contribution in [0.4, 0.5) is 4.79 Å². The van der Waals surface area contributed by atoms with E-state index in [2.05, 4.69) is 18.7 Å². The van der Waals surface area contributed by atoms with Crippen molar-refractivity contribution in [2.24, 2.45) is 0 Å². The summed E-state index contributed by atoms with van der Waals surface area (Å²) in [6.45, 7) is 11.9. The maximum absolute atomic E-state index is 11.8. The SMILES string of the molecule is CC(C)N1CC(N(C)C(=O)OC(C)(C)C)C1. The smallest absolute Gasteiger partial charge is 0.410 e. The molecule has 1 aliphatic heterocycles. The number of carbonyl (C=O) groups is 1. The molecule has 16 heavy (non-hydrogen) atoms. The number of rotatable bonds is 2. The Labute approximate surface area is 98.5 Å². The van der Waals surface area contributed by atoms with Gasteiger partial charge >= 0.3 is 6.09 Å². The molecule has 1 saturated heterocycles. The van der Waals surface area contributed by atoms with E-state index < -0.39 is 5.60 Å². The topological polar surface area (TPSA) is 32.8 Å². The summed E-state index contributed by atoms with van der Waals surface area (Å²) in [6.07, 6.45) is -0.221. The van der Waals surface area contributed by atoms with Crippen LogP contribution in [0.1, 0.15) is 34.6 Å². The molecular formula is C12H24N2O2. The molecule has 1 rings (SSSR count). The standard InChI is InChI=1S/C12H24N2O2/c1-9(2)14-7-10(8-14)13(6)11(15)16-12(3,4)5/h9-10H,7-8H2,1-6H3. The van der Waals surface area contributed by atoms with Gasteiger partial charge in [-0.1, -0.05) is 0 Å². The third-order valence-electron chi connectivity index (χ3n) is 2.85. The molecule has 0 aromatic rings. The van der Waals surface area contributed by atoms with Gasteiger partial charge in [0.1, 0.15) is 5.60 Å². The molecule has 0 radical (unpaired) electrons. The van der Waals surface area contributed by atoms with Crippen molar-refractivity contribution >= 4 is 6.09 Å². The zero-order valence-corrected chi connectivity index (χ0v) is 11.3. The van der Waals surface area contributed by atoms with Crippen molar-refractivity contribution < 1.29 is 9.53 Å². The Balaban J connectivity index is 2.37. The first-order valence-electron chi connectivity index (χ1n) is 5.90. The molecule has 94 valence electrons. The summed E-state index contributed by atoms with van der Waals surface area (Å²) in [7, 11) is 1.82. The van der Waals surface area contributed by atoms with Crippen LogP contribution in [0.5, 0.6) is 0 Å². The Morgan fingerprint density at radius 1 is 1.38 bits per heavy atom. The Kier molecular flexibility index (Phi) is 3.84. The zero-order chi connectivity index (χ0) is 12.5. The Bertz CT molecular complexity index is 252. The lowest BCUT2D eigenvalue weighted by atomic mass is 10.1. The summed E-state index contributed by atoms with van der Waals surface area (Å²) in [6, 6.07) is 0.862. The third kappa shape index (κ3) is 3.37. The number of amides is 1. The largest absolute Gasteiger partial charge is 0.444 e. The van der Waals surface area contributed by atoms with E-state index in [4.69, 9.17) is 4.74 Å². The van der Waals surface area contributed by atoms with Crippen LogP contribution in [0, 0.1) is 0 Å². The highest BCUT2D eigenvalue weighted by Crippen LogP contribution is 2.18.